The Bertz CT molecular complexity index is 980. The van der Waals surface area contributed by atoms with Gasteiger partial charge in [-0.15, -0.1) is 0 Å². The Labute approximate surface area is 172 Å². The van der Waals surface area contributed by atoms with Crippen LogP contribution in [0.4, 0.5) is 4.39 Å². The highest BCUT2D eigenvalue weighted by atomic mass is 32.2. The van der Waals surface area contributed by atoms with Gasteiger partial charge in [0.15, 0.2) is 0 Å². The van der Waals surface area contributed by atoms with Crippen LogP contribution in [0.25, 0.3) is 0 Å². The van der Waals surface area contributed by atoms with Gasteiger partial charge >= 0.3 is 0 Å². The third kappa shape index (κ3) is 5.03. The summed E-state index contributed by atoms with van der Waals surface area (Å²) in [6.45, 7) is 7.10. The molecule has 2 atom stereocenters. The van der Waals surface area contributed by atoms with Crippen molar-refractivity contribution in [2.75, 3.05) is 13.1 Å². The fourth-order valence-electron chi connectivity index (χ4n) is 3.77. The number of hydrogen-bond donors (Lipinski definition) is 1. The van der Waals surface area contributed by atoms with E-state index in [2.05, 4.69) is 5.32 Å². The van der Waals surface area contributed by atoms with Crippen molar-refractivity contribution in [3.63, 3.8) is 0 Å². The normalized spacial score (nSPS) is 20.4. The van der Waals surface area contributed by atoms with E-state index >= 15 is 0 Å². The van der Waals surface area contributed by atoms with Crippen LogP contribution < -0.4 is 5.32 Å². The number of aryl methyl sites for hydroxylation is 1. The lowest BCUT2D eigenvalue weighted by atomic mass is 9.94. The molecule has 0 bridgehead atoms. The first-order valence-electron chi connectivity index (χ1n) is 9.80. The molecule has 1 N–H and O–H groups in total. The van der Waals surface area contributed by atoms with E-state index in [-0.39, 0.29) is 28.8 Å². The van der Waals surface area contributed by atoms with E-state index in [4.69, 9.17) is 0 Å². The number of amides is 1. The Balaban J connectivity index is 1.79. The highest BCUT2D eigenvalue weighted by Gasteiger charge is 2.32. The van der Waals surface area contributed by atoms with E-state index in [1.54, 1.807) is 0 Å². The summed E-state index contributed by atoms with van der Waals surface area (Å²) in [7, 11) is -3.79. The second kappa shape index (κ2) is 8.63. The van der Waals surface area contributed by atoms with Crippen LogP contribution in [0.1, 0.15) is 41.8 Å². The van der Waals surface area contributed by atoms with Crippen LogP contribution >= 0.6 is 0 Å². The predicted octanol–water partition coefficient (Wildman–Crippen LogP) is 3.73. The minimum atomic E-state index is -3.79. The van der Waals surface area contributed by atoms with E-state index in [0.717, 1.165) is 29.7 Å². The summed E-state index contributed by atoms with van der Waals surface area (Å²) < 4.78 is 41.8. The monoisotopic (exact) mass is 418 g/mol. The van der Waals surface area contributed by atoms with Crippen molar-refractivity contribution < 1.29 is 17.6 Å². The molecule has 2 aromatic rings. The molecule has 5 nitrogen and oxygen atoms in total. The first kappa shape index (κ1) is 21.5. The number of carbonyl (C=O) groups excluding carboxylic acids is 1. The van der Waals surface area contributed by atoms with Gasteiger partial charge in [-0.1, -0.05) is 43.7 Å². The summed E-state index contributed by atoms with van der Waals surface area (Å²) in [5.74, 6) is -0.872. The fourth-order valence-corrected chi connectivity index (χ4v) is 5.48. The van der Waals surface area contributed by atoms with E-state index < -0.39 is 21.7 Å². The Kier molecular flexibility index (Phi) is 6.39. The average Bonchev–Trinajstić information content (AvgIpc) is 2.66. The summed E-state index contributed by atoms with van der Waals surface area (Å²) in [6.07, 6.45) is 0.974. The Morgan fingerprint density at radius 3 is 2.34 bits per heavy atom. The van der Waals surface area contributed by atoms with Gasteiger partial charge in [0.05, 0.1) is 10.5 Å². The molecule has 0 radical (unpaired) electrons. The molecular weight excluding hydrogens is 391 g/mol. The van der Waals surface area contributed by atoms with Crippen LogP contribution in [0.3, 0.4) is 0 Å². The predicted molar refractivity (Wildman–Crippen MR) is 110 cm³/mol. The molecule has 7 heteroatoms. The Morgan fingerprint density at radius 2 is 1.72 bits per heavy atom. The summed E-state index contributed by atoms with van der Waals surface area (Å²) in [5.41, 5.74) is 1.71. The van der Waals surface area contributed by atoms with Crippen molar-refractivity contribution in [2.45, 2.75) is 38.6 Å². The number of rotatable bonds is 5. The standard InChI is InChI=1S/C22H27FN2O3S/c1-15-4-6-18(7-5-15)12-24-22(26)20-11-19(8-9-21(20)23)29(27,28)25-13-16(2)10-17(3)14-25/h4-9,11,16-17H,10,12-14H2,1-3H3,(H,24,26). The van der Waals surface area contributed by atoms with Gasteiger partial charge in [-0.25, -0.2) is 12.8 Å². The van der Waals surface area contributed by atoms with Gasteiger partial charge in [-0.2, -0.15) is 4.31 Å². The quantitative estimate of drug-likeness (QED) is 0.805. The lowest BCUT2D eigenvalue weighted by Crippen LogP contribution is -2.42. The number of hydrogen-bond acceptors (Lipinski definition) is 3. The highest BCUT2D eigenvalue weighted by molar-refractivity contribution is 7.89. The second-order valence-electron chi connectivity index (χ2n) is 8.08. The van der Waals surface area contributed by atoms with Crippen molar-refractivity contribution in [1.29, 1.82) is 0 Å². The molecule has 0 spiro atoms. The molecule has 1 heterocycles. The maximum Gasteiger partial charge on any atom is 0.254 e. The van der Waals surface area contributed by atoms with Gasteiger partial charge in [-0.05, 0) is 48.9 Å². The first-order valence-corrected chi connectivity index (χ1v) is 11.2. The number of nitrogens with one attached hydrogen (secondary N) is 1. The first-order chi connectivity index (χ1) is 13.7. The molecule has 1 aliphatic heterocycles. The molecule has 1 fully saturated rings. The number of halogens is 1. The number of piperidine rings is 1. The van der Waals surface area contributed by atoms with Gasteiger partial charge in [0.2, 0.25) is 10.0 Å². The lowest BCUT2D eigenvalue weighted by molar-refractivity contribution is 0.0946. The highest BCUT2D eigenvalue weighted by Crippen LogP contribution is 2.27. The molecule has 0 aromatic heterocycles. The third-order valence-corrected chi connectivity index (χ3v) is 7.06. The minimum Gasteiger partial charge on any atom is -0.348 e. The molecule has 1 aliphatic rings. The van der Waals surface area contributed by atoms with E-state index in [0.29, 0.717) is 13.1 Å². The van der Waals surface area contributed by atoms with Crippen molar-refractivity contribution in [1.82, 2.24) is 9.62 Å². The van der Waals surface area contributed by atoms with Gasteiger partial charge < -0.3 is 5.32 Å². The van der Waals surface area contributed by atoms with Crippen LogP contribution in [0.5, 0.6) is 0 Å². The van der Waals surface area contributed by atoms with Crippen LogP contribution in [0, 0.1) is 24.6 Å². The zero-order chi connectivity index (χ0) is 21.2. The maximum absolute atomic E-state index is 14.3. The number of benzene rings is 2. The van der Waals surface area contributed by atoms with Gasteiger partial charge in [0.1, 0.15) is 5.82 Å². The lowest BCUT2D eigenvalue weighted by Gasteiger charge is -2.34. The van der Waals surface area contributed by atoms with E-state index in [1.165, 1.54) is 10.4 Å². The molecule has 2 unspecified atom stereocenters. The summed E-state index contributed by atoms with van der Waals surface area (Å²) in [6, 6.07) is 11.0. The molecule has 29 heavy (non-hydrogen) atoms. The van der Waals surface area contributed by atoms with Gasteiger partial charge in [0, 0.05) is 19.6 Å². The maximum atomic E-state index is 14.3. The zero-order valence-corrected chi connectivity index (χ0v) is 17.8. The Morgan fingerprint density at radius 1 is 1.10 bits per heavy atom. The van der Waals surface area contributed by atoms with Crippen LogP contribution in [-0.2, 0) is 16.6 Å². The molecule has 0 saturated carbocycles. The molecule has 1 saturated heterocycles. The number of nitrogens with zero attached hydrogens (tertiary/aromatic N) is 1. The van der Waals surface area contributed by atoms with Crippen LogP contribution in [0.15, 0.2) is 47.4 Å². The average molecular weight is 419 g/mol. The van der Waals surface area contributed by atoms with Crippen LogP contribution in [-0.4, -0.2) is 31.7 Å². The molecule has 3 rings (SSSR count). The van der Waals surface area contributed by atoms with Crippen molar-refractivity contribution in [3.05, 3.63) is 65.0 Å². The van der Waals surface area contributed by atoms with Crippen molar-refractivity contribution in [3.8, 4) is 0 Å². The fraction of sp³-hybridized carbons (Fsp3) is 0.409. The molecule has 2 aromatic carbocycles. The van der Waals surface area contributed by atoms with Gasteiger partial charge in [0.25, 0.3) is 5.91 Å². The van der Waals surface area contributed by atoms with Gasteiger partial charge in [-0.3, -0.25) is 4.79 Å². The summed E-state index contributed by atoms with van der Waals surface area (Å²) in [5, 5.41) is 2.66. The topological polar surface area (TPSA) is 66.5 Å². The molecular formula is C22H27FN2O3S. The molecule has 156 valence electrons. The summed E-state index contributed by atoms with van der Waals surface area (Å²) >= 11 is 0. The minimum absolute atomic E-state index is 0.0549. The summed E-state index contributed by atoms with van der Waals surface area (Å²) in [4.78, 5) is 12.5. The van der Waals surface area contributed by atoms with E-state index in [9.17, 15) is 17.6 Å². The SMILES string of the molecule is Cc1ccc(CNC(=O)c2cc(S(=O)(=O)N3CC(C)CC(C)C3)ccc2F)cc1. The number of sulfonamides is 1. The van der Waals surface area contributed by atoms with Crippen molar-refractivity contribution in [2.24, 2.45) is 11.8 Å². The molecule has 0 aliphatic carbocycles. The smallest absolute Gasteiger partial charge is 0.254 e. The van der Waals surface area contributed by atoms with Crippen LogP contribution in [0.2, 0.25) is 0 Å². The van der Waals surface area contributed by atoms with E-state index in [1.807, 2.05) is 45.0 Å². The zero-order valence-electron chi connectivity index (χ0n) is 17.0. The van der Waals surface area contributed by atoms with Crippen molar-refractivity contribution >= 4 is 15.9 Å². The third-order valence-electron chi connectivity index (χ3n) is 5.23. The molecule has 1 amide bonds. The Hall–Kier alpha value is -2.25. The second-order valence-corrected chi connectivity index (χ2v) is 10.0. The number of carbonyl (C=O) groups is 1. The largest absolute Gasteiger partial charge is 0.348 e.